The van der Waals surface area contributed by atoms with Crippen LogP contribution in [0.3, 0.4) is 0 Å². The Morgan fingerprint density at radius 1 is 1.35 bits per heavy atom. The molecular weight excluding hydrogens is 214 g/mol. The van der Waals surface area contributed by atoms with Gasteiger partial charge in [-0.1, -0.05) is 5.21 Å². The predicted molar refractivity (Wildman–Crippen MR) is 68.7 cm³/mol. The quantitative estimate of drug-likeness (QED) is 0.606. The fourth-order valence-corrected chi connectivity index (χ4v) is 1.74. The maximum atomic E-state index is 5.78. The largest absolute Gasteiger partial charge is 0.399 e. The van der Waals surface area contributed by atoms with E-state index in [4.69, 9.17) is 5.73 Å². The molecule has 0 spiro atoms. The first-order chi connectivity index (χ1) is 8.24. The van der Waals surface area contributed by atoms with E-state index in [1.54, 1.807) is 6.20 Å². The molecule has 2 aromatic rings. The molecule has 0 atom stereocenters. The number of anilines is 2. The van der Waals surface area contributed by atoms with Crippen molar-refractivity contribution in [2.45, 2.75) is 19.9 Å². The number of hydrogen-bond acceptors (Lipinski definition) is 4. The molecule has 0 bridgehead atoms. The number of aromatic nitrogens is 3. The Morgan fingerprint density at radius 3 is 2.94 bits per heavy atom. The van der Waals surface area contributed by atoms with E-state index in [2.05, 4.69) is 21.7 Å². The van der Waals surface area contributed by atoms with Crippen LogP contribution in [0.4, 0.5) is 11.4 Å². The number of nitrogens with two attached hydrogens (primary N) is 1. The van der Waals surface area contributed by atoms with Crippen LogP contribution in [-0.4, -0.2) is 21.5 Å². The molecule has 2 rings (SSSR count). The summed E-state index contributed by atoms with van der Waals surface area (Å²) in [7, 11) is 0. The minimum absolute atomic E-state index is 0.795. The van der Waals surface area contributed by atoms with Gasteiger partial charge in [0.25, 0.3) is 0 Å². The average Bonchev–Trinajstić information content (AvgIpc) is 2.76. The highest BCUT2D eigenvalue weighted by Crippen LogP contribution is 2.15. The van der Waals surface area contributed by atoms with E-state index in [1.807, 2.05) is 29.9 Å². The van der Waals surface area contributed by atoms with E-state index < -0.39 is 0 Å². The van der Waals surface area contributed by atoms with Crippen molar-refractivity contribution in [1.82, 2.24) is 15.0 Å². The van der Waals surface area contributed by atoms with Gasteiger partial charge in [0.2, 0.25) is 0 Å². The number of nitrogens with zero attached hydrogens (tertiary/aromatic N) is 3. The normalized spacial score (nSPS) is 10.4. The molecule has 5 nitrogen and oxygen atoms in total. The standard InChI is InChI=1S/C12H17N5/c1-10-7-11(13)9-12(8-10)14-3-2-5-17-6-4-15-16-17/h4,6-9,14H,2-3,5,13H2,1H3. The maximum absolute atomic E-state index is 5.78. The van der Waals surface area contributed by atoms with Gasteiger partial charge < -0.3 is 11.1 Å². The molecule has 0 saturated heterocycles. The van der Waals surface area contributed by atoms with E-state index in [0.29, 0.717) is 0 Å². The van der Waals surface area contributed by atoms with Gasteiger partial charge in [-0.15, -0.1) is 5.10 Å². The number of nitrogens with one attached hydrogen (secondary N) is 1. The minimum atomic E-state index is 0.795. The summed E-state index contributed by atoms with van der Waals surface area (Å²) in [6, 6.07) is 5.99. The van der Waals surface area contributed by atoms with Crippen molar-refractivity contribution in [3.05, 3.63) is 36.2 Å². The van der Waals surface area contributed by atoms with E-state index in [0.717, 1.165) is 30.9 Å². The summed E-state index contributed by atoms with van der Waals surface area (Å²) in [4.78, 5) is 0. The molecule has 0 amide bonds. The molecule has 1 aromatic carbocycles. The lowest BCUT2D eigenvalue weighted by Gasteiger charge is -2.08. The summed E-state index contributed by atoms with van der Waals surface area (Å²) in [6.07, 6.45) is 4.55. The minimum Gasteiger partial charge on any atom is -0.399 e. The van der Waals surface area contributed by atoms with Gasteiger partial charge in [0.05, 0.1) is 6.20 Å². The lowest BCUT2D eigenvalue weighted by atomic mass is 10.2. The van der Waals surface area contributed by atoms with Crippen LogP contribution in [0.1, 0.15) is 12.0 Å². The van der Waals surface area contributed by atoms with Crippen LogP contribution in [0.2, 0.25) is 0 Å². The third-order valence-electron chi connectivity index (χ3n) is 2.46. The second-order valence-electron chi connectivity index (χ2n) is 4.08. The molecule has 17 heavy (non-hydrogen) atoms. The smallest absolute Gasteiger partial charge is 0.0692 e. The molecule has 0 aliphatic carbocycles. The summed E-state index contributed by atoms with van der Waals surface area (Å²) in [5, 5.41) is 11.0. The van der Waals surface area contributed by atoms with Crippen molar-refractivity contribution in [3.63, 3.8) is 0 Å². The highest BCUT2D eigenvalue weighted by atomic mass is 15.4. The van der Waals surface area contributed by atoms with E-state index in [1.165, 1.54) is 5.56 Å². The molecule has 1 aromatic heterocycles. The number of benzene rings is 1. The number of nitrogen functional groups attached to an aromatic ring is 1. The van der Waals surface area contributed by atoms with E-state index >= 15 is 0 Å². The number of aryl methyl sites for hydroxylation is 2. The topological polar surface area (TPSA) is 68.8 Å². The monoisotopic (exact) mass is 231 g/mol. The molecule has 1 heterocycles. The molecule has 0 saturated carbocycles. The van der Waals surface area contributed by atoms with Crippen LogP contribution in [-0.2, 0) is 6.54 Å². The van der Waals surface area contributed by atoms with Gasteiger partial charge in [-0.2, -0.15) is 0 Å². The fraction of sp³-hybridized carbons (Fsp3) is 0.333. The molecule has 0 aliphatic heterocycles. The van der Waals surface area contributed by atoms with Crippen molar-refractivity contribution < 1.29 is 0 Å². The zero-order valence-electron chi connectivity index (χ0n) is 9.93. The van der Waals surface area contributed by atoms with Crippen LogP contribution < -0.4 is 11.1 Å². The molecule has 5 heteroatoms. The summed E-state index contributed by atoms with van der Waals surface area (Å²) in [5.74, 6) is 0. The van der Waals surface area contributed by atoms with Gasteiger partial charge in [0, 0.05) is 30.7 Å². The molecule has 0 aliphatic rings. The van der Waals surface area contributed by atoms with Crippen LogP contribution >= 0.6 is 0 Å². The third-order valence-corrected chi connectivity index (χ3v) is 2.46. The number of hydrogen-bond donors (Lipinski definition) is 2. The van der Waals surface area contributed by atoms with Gasteiger partial charge in [-0.25, -0.2) is 0 Å². The highest BCUT2D eigenvalue weighted by Gasteiger charge is 1.96. The Morgan fingerprint density at radius 2 is 2.24 bits per heavy atom. The molecule has 0 fully saturated rings. The van der Waals surface area contributed by atoms with Gasteiger partial charge in [-0.3, -0.25) is 4.68 Å². The maximum Gasteiger partial charge on any atom is 0.0692 e. The fourth-order valence-electron chi connectivity index (χ4n) is 1.74. The predicted octanol–water partition coefficient (Wildman–Crippen LogP) is 1.67. The summed E-state index contributed by atoms with van der Waals surface area (Å²) >= 11 is 0. The second kappa shape index (κ2) is 5.34. The Kier molecular flexibility index (Phi) is 3.59. The van der Waals surface area contributed by atoms with E-state index in [9.17, 15) is 0 Å². The Balaban J connectivity index is 1.78. The summed E-state index contributed by atoms with van der Waals surface area (Å²) < 4.78 is 1.83. The Hall–Kier alpha value is -2.04. The molecule has 0 radical (unpaired) electrons. The van der Waals surface area contributed by atoms with Crippen LogP contribution in [0.25, 0.3) is 0 Å². The van der Waals surface area contributed by atoms with Crippen molar-refractivity contribution in [3.8, 4) is 0 Å². The SMILES string of the molecule is Cc1cc(N)cc(NCCCn2ccnn2)c1. The second-order valence-corrected chi connectivity index (χ2v) is 4.08. The molecular formula is C12H17N5. The van der Waals surface area contributed by atoms with Crippen LogP contribution in [0, 0.1) is 6.92 Å². The van der Waals surface area contributed by atoms with Crippen molar-refractivity contribution in [1.29, 1.82) is 0 Å². The lowest BCUT2D eigenvalue weighted by molar-refractivity contribution is 0.570. The first-order valence-corrected chi connectivity index (χ1v) is 5.69. The summed E-state index contributed by atoms with van der Waals surface area (Å²) in [5.41, 5.74) is 8.81. The molecule has 90 valence electrons. The Labute approximate surface area is 101 Å². The zero-order valence-corrected chi connectivity index (χ0v) is 9.93. The highest BCUT2D eigenvalue weighted by molar-refractivity contribution is 5.56. The van der Waals surface area contributed by atoms with E-state index in [-0.39, 0.29) is 0 Å². The average molecular weight is 231 g/mol. The zero-order chi connectivity index (χ0) is 12.1. The Bertz CT molecular complexity index is 444. The van der Waals surface area contributed by atoms with Crippen molar-refractivity contribution in [2.75, 3.05) is 17.6 Å². The number of rotatable bonds is 5. The first-order valence-electron chi connectivity index (χ1n) is 5.69. The van der Waals surface area contributed by atoms with Crippen LogP contribution in [0.5, 0.6) is 0 Å². The molecule has 0 unspecified atom stereocenters. The van der Waals surface area contributed by atoms with Gasteiger partial charge in [0.1, 0.15) is 0 Å². The lowest BCUT2D eigenvalue weighted by Crippen LogP contribution is -2.07. The van der Waals surface area contributed by atoms with Crippen molar-refractivity contribution >= 4 is 11.4 Å². The van der Waals surface area contributed by atoms with Gasteiger partial charge in [-0.05, 0) is 37.1 Å². The third kappa shape index (κ3) is 3.48. The van der Waals surface area contributed by atoms with Crippen molar-refractivity contribution in [2.24, 2.45) is 0 Å². The first kappa shape index (κ1) is 11.4. The van der Waals surface area contributed by atoms with Gasteiger partial charge in [0.15, 0.2) is 0 Å². The van der Waals surface area contributed by atoms with Gasteiger partial charge >= 0.3 is 0 Å². The molecule has 3 N–H and O–H groups in total. The van der Waals surface area contributed by atoms with Crippen LogP contribution in [0.15, 0.2) is 30.6 Å². The summed E-state index contributed by atoms with van der Waals surface area (Å²) in [6.45, 7) is 3.80.